The number of hydrogen-bond donors (Lipinski definition) is 1. The minimum Gasteiger partial charge on any atom is -0.469 e. The van der Waals surface area contributed by atoms with E-state index in [1.165, 1.54) is 19.3 Å². The summed E-state index contributed by atoms with van der Waals surface area (Å²) in [6, 6.07) is 4.82. The van der Waals surface area contributed by atoms with Crippen molar-refractivity contribution in [2.45, 2.75) is 38.6 Å². The van der Waals surface area contributed by atoms with Gasteiger partial charge in [0.25, 0.3) is 0 Å². The molecular formula is C12H19NO. The maximum Gasteiger partial charge on any atom is 0.104 e. The average molecular weight is 193 g/mol. The van der Waals surface area contributed by atoms with Gasteiger partial charge in [-0.25, -0.2) is 0 Å². The van der Waals surface area contributed by atoms with E-state index >= 15 is 0 Å². The van der Waals surface area contributed by atoms with Crippen LogP contribution in [0.3, 0.4) is 0 Å². The van der Waals surface area contributed by atoms with Gasteiger partial charge in [-0.1, -0.05) is 13.3 Å². The van der Waals surface area contributed by atoms with Gasteiger partial charge in [0.1, 0.15) is 5.76 Å². The van der Waals surface area contributed by atoms with Crippen molar-refractivity contribution in [3.05, 3.63) is 24.2 Å². The van der Waals surface area contributed by atoms with Crippen LogP contribution < -0.4 is 5.32 Å². The highest BCUT2D eigenvalue weighted by Gasteiger charge is 2.17. The fourth-order valence-electron chi connectivity index (χ4n) is 1.82. The Bertz CT molecular complexity index is 251. The molecule has 1 saturated carbocycles. The smallest absolute Gasteiger partial charge is 0.104 e. The van der Waals surface area contributed by atoms with Crippen LogP contribution in [0.5, 0.6) is 0 Å². The lowest BCUT2D eigenvalue weighted by Gasteiger charge is -2.27. The predicted molar refractivity (Wildman–Crippen MR) is 57.2 cm³/mol. The fourth-order valence-corrected chi connectivity index (χ4v) is 1.82. The second-order valence-electron chi connectivity index (χ2n) is 4.42. The Morgan fingerprint density at radius 3 is 3.00 bits per heavy atom. The Morgan fingerprint density at radius 1 is 1.57 bits per heavy atom. The molecule has 0 saturated heterocycles. The molecule has 2 nitrogen and oxygen atoms in total. The molecule has 1 heterocycles. The molecule has 1 aliphatic rings. The summed E-state index contributed by atoms with van der Waals surface area (Å²) >= 11 is 0. The second-order valence-corrected chi connectivity index (χ2v) is 4.42. The molecule has 0 bridgehead atoms. The molecular weight excluding hydrogens is 174 g/mol. The molecule has 1 unspecified atom stereocenters. The second kappa shape index (κ2) is 4.65. The van der Waals surface area contributed by atoms with Crippen LogP contribution in [-0.2, 0) is 6.42 Å². The number of hydrogen-bond acceptors (Lipinski definition) is 2. The highest BCUT2D eigenvalue weighted by Crippen LogP contribution is 2.18. The first kappa shape index (κ1) is 9.78. The molecule has 1 aliphatic carbocycles. The van der Waals surface area contributed by atoms with Gasteiger partial charge in [0, 0.05) is 12.5 Å². The quantitative estimate of drug-likeness (QED) is 0.777. The molecule has 78 valence electrons. The first-order chi connectivity index (χ1) is 6.84. The molecule has 14 heavy (non-hydrogen) atoms. The largest absolute Gasteiger partial charge is 0.469 e. The molecule has 0 aliphatic heterocycles. The van der Waals surface area contributed by atoms with Crippen LogP contribution in [0.4, 0.5) is 0 Å². The van der Waals surface area contributed by atoms with E-state index in [1.807, 2.05) is 6.07 Å². The summed E-state index contributed by atoms with van der Waals surface area (Å²) in [7, 11) is 0. The summed E-state index contributed by atoms with van der Waals surface area (Å²) in [6.45, 7) is 3.39. The SMILES string of the molecule is CC(CNC1CCC1)Cc1ccco1. The van der Waals surface area contributed by atoms with E-state index in [9.17, 15) is 0 Å². The van der Waals surface area contributed by atoms with Gasteiger partial charge in [-0.3, -0.25) is 0 Å². The Labute approximate surface area is 85.7 Å². The molecule has 1 aromatic rings. The van der Waals surface area contributed by atoms with Gasteiger partial charge >= 0.3 is 0 Å². The van der Waals surface area contributed by atoms with Crippen LogP contribution in [0.1, 0.15) is 31.9 Å². The number of rotatable bonds is 5. The van der Waals surface area contributed by atoms with Gasteiger partial charge in [0.15, 0.2) is 0 Å². The number of nitrogens with one attached hydrogen (secondary N) is 1. The summed E-state index contributed by atoms with van der Waals surface area (Å²) < 4.78 is 5.32. The summed E-state index contributed by atoms with van der Waals surface area (Å²) in [4.78, 5) is 0. The standard InChI is InChI=1S/C12H19NO/c1-10(8-12-6-3-7-14-12)9-13-11-4-2-5-11/h3,6-7,10-11,13H,2,4-5,8-9H2,1H3. The highest BCUT2D eigenvalue weighted by atomic mass is 16.3. The van der Waals surface area contributed by atoms with Gasteiger partial charge in [-0.05, 0) is 37.4 Å². The van der Waals surface area contributed by atoms with E-state index < -0.39 is 0 Å². The molecule has 0 aromatic carbocycles. The molecule has 0 radical (unpaired) electrons. The van der Waals surface area contributed by atoms with E-state index in [4.69, 9.17) is 4.42 Å². The summed E-state index contributed by atoms with van der Waals surface area (Å²) in [6.07, 6.45) is 6.94. The highest BCUT2D eigenvalue weighted by molar-refractivity contribution is 4.99. The molecule has 2 heteroatoms. The number of furan rings is 1. The molecule has 1 aromatic heterocycles. The van der Waals surface area contributed by atoms with Crippen molar-refractivity contribution in [2.24, 2.45) is 5.92 Å². The van der Waals surface area contributed by atoms with Crippen LogP contribution in [0.15, 0.2) is 22.8 Å². The van der Waals surface area contributed by atoms with E-state index in [2.05, 4.69) is 18.3 Å². The van der Waals surface area contributed by atoms with Gasteiger partial charge in [-0.2, -0.15) is 0 Å². The predicted octanol–water partition coefficient (Wildman–Crippen LogP) is 2.60. The summed E-state index contributed by atoms with van der Waals surface area (Å²) in [5, 5.41) is 3.59. The molecule has 1 fully saturated rings. The zero-order chi connectivity index (χ0) is 9.80. The Hall–Kier alpha value is -0.760. The van der Waals surface area contributed by atoms with Gasteiger partial charge in [-0.15, -0.1) is 0 Å². The monoisotopic (exact) mass is 193 g/mol. The van der Waals surface area contributed by atoms with Crippen LogP contribution in [0, 0.1) is 5.92 Å². The normalized spacial score (nSPS) is 19.2. The lowest BCUT2D eigenvalue weighted by Crippen LogP contribution is -2.38. The first-order valence-electron chi connectivity index (χ1n) is 5.60. The van der Waals surface area contributed by atoms with E-state index in [0.29, 0.717) is 5.92 Å². The third-order valence-corrected chi connectivity index (χ3v) is 2.99. The lowest BCUT2D eigenvalue weighted by molar-refractivity contribution is 0.316. The minimum atomic E-state index is 0.668. The van der Waals surface area contributed by atoms with Crippen LogP contribution in [-0.4, -0.2) is 12.6 Å². The fraction of sp³-hybridized carbons (Fsp3) is 0.667. The third kappa shape index (κ3) is 2.61. The van der Waals surface area contributed by atoms with Crippen LogP contribution in [0.2, 0.25) is 0 Å². The van der Waals surface area contributed by atoms with E-state index in [1.54, 1.807) is 6.26 Å². The average Bonchev–Trinajstić information content (AvgIpc) is 2.54. The Kier molecular flexibility index (Phi) is 3.25. The molecule has 0 amide bonds. The van der Waals surface area contributed by atoms with Crippen LogP contribution >= 0.6 is 0 Å². The van der Waals surface area contributed by atoms with Gasteiger partial charge in [0.2, 0.25) is 0 Å². The van der Waals surface area contributed by atoms with Crippen molar-refractivity contribution in [1.29, 1.82) is 0 Å². The maximum absolute atomic E-state index is 5.32. The Balaban J connectivity index is 1.65. The zero-order valence-electron chi connectivity index (χ0n) is 8.83. The summed E-state index contributed by atoms with van der Waals surface area (Å²) in [5.74, 6) is 1.77. The maximum atomic E-state index is 5.32. The molecule has 2 rings (SSSR count). The van der Waals surface area contributed by atoms with Gasteiger partial charge < -0.3 is 9.73 Å². The van der Waals surface area contributed by atoms with Crippen molar-refractivity contribution in [2.75, 3.05) is 6.54 Å². The van der Waals surface area contributed by atoms with Gasteiger partial charge in [0.05, 0.1) is 6.26 Å². The van der Waals surface area contributed by atoms with E-state index in [0.717, 1.165) is 24.8 Å². The molecule has 0 spiro atoms. The van der Waals surface area contributed by atoms with Crippen molar-refractivity contribution in [1.82, 2.24) is 5.32 Å². The van der Waals surface area contributed by atoms with E-state index in [-0.39, 0.29) is 0 Å². The van der Waals surface area contributed by atoms with Crippen molar-refractivity contribution in [3.63, 3.8) is 0 Å². The zero-order valence-corrected chi connectivity index (χ0v) is 8.83. The van der Waals surface area contributed by atoms with Crippen LogP contribution in [0.25, 0.3) is 0 Å². The molecule has 1 atom stereocenters. The third-order valence-electron chi connectivity index (χ3n) is 2.99. The summed E-state index contributed by atoms with van der Waals surface area (Å²) in [5.41, 5.74) is 0. The minimum absolute atomic E-state index is 0.668. The Morgan fingerprint density at radius 2 is 2.43 bits per heavy atom. The first-order valence-corrected chi connectivity index (χ1v) is 5.60. The van der Waals surface area contributed by atoms with Crippen molar-refractivity contribution < 1.29 is 4.42 Å². The topological polar surface area (TPSA) is 25.2 Å². The molecule has 1 N–H and O–H groups in total. The van der Waals surface area contributed by atoms with Crippen molar-refractivity contribution >= 4 is 0 Å². The van der Waals surface area contributed by atoms with Crippen molar-refractivity contribution in [3.8, 4) is 0 Å². The lowest BCUT2D eigenvalue weighted by atomic mass is 9.92.